The number of benzene rings is 1. The number of aromatic nitrogens is 2. The number of nitrogens with zero attached hydrogens (tertiary/aromatic N) is 2. The van der Waals surface area contributed by atoms with Crippen LogP contribution in [0.1, 0.15) is 10.6 Å². The van der Waals surface area contributed by atoms with E-state index in [1.165, 1.54) is 23.1 Å². The van der Waals surface area contributed by atoms with Crippen molar-refractivity contribution in [2.24, 2.45) is 0 Å². The molecule has 106 valence electrons. The highest BCUT2D eigenvalue weighted by Crippen LogP contribution is 2.35. The lowest BCUT2D eigenvalue weighted by atomic mass is 10.2. The van der Waals surface area contributed by atoms with Crippen molar-refractivity contribution < 1.29 is 9.90 Å². The quantitative estimate of drug-likeness (QED) is 0.793. The van der Waals surface area contributed by atoms with E-state index < -0.39 is 5.97 Å². The lowest BCUT2D eigenvalue weighted by Crippen LogP contribution is -1.99. The van der Waals surface area contributed by atoms with E-state index in [-0.39, 0.29) is 6.42 Å². The Morgan fingerprint density at radius 3 is 2.95 bits per heavy atom. The molecule has 0 radical (unpaired) electrons. The van der Waals surface area contributed by atoms with Crippen molar-refractivity contribution in [3.05, 3.63) is 47.1 Å². The summed E-state index contributed by atoms with van der Waals surface area (Å²) in [5, 5.41) is 12.0. The average Bonchev–Trinajstić information content (AvgIpc) is 2.78. The van der Waals surface area contributed by atoms with Crippen LogP contribution in [0.15, 0.2) is 45.9 Å². The van der Waals surface area contributed by atoms with Gasteiger partial charge in [0, 0.05) is 16.5 Å². The molecule has 0 unspecified atom stereocenters. The SMILES string of the molecule is Cc1nc(Sc2nccc3ccccc23)sc1CC(=O)O. The summed E-state index contributed by atoms with van der Waals surface area (Å²) < 4.78 is 0.826. The fourth-order valence-corrected chi connectivity index (χ4v) is 4.25. The van der Waals surface area contributed by atoms with Crippen molar-refractivity contribution in [1.29, 1.82) is 0 Å². The fraction of sp³-hybridized carbons (Fsp3) is 0.133. The summed E-state index contributed by atoms with van der Waals surface area (Å²) in [6, 6.07) is 10.0. The highest BCUT2D eigenvalue weighted by molar-refractivity contribution is 8.01. The van der Waals surface area contributed by atoms with Crippen LogP contribution in [0.2, 0.25) is 0 Å². The van der Waals surface area contributed by atoms with Crippen LogP contribution in [-0.2, 0) is 11.2 Å². The van der Waals surface area contributed by atoms with Crippen molar-refractivity contribution in [3.8, 4) is 0 Å². The second-order valence-corrected chi connectivity index (χ2v) is 6.82. The Morgan fingerprint density at radius 1 is 1.33 bits per heavy atom. The zero-order valence-electron chi connectivity index (χ0n) is 11.2. The molecule has 21 heavy (non-hydrogen) atoms. The van der Waals surface area contributed by atoms with Crippen molar-refractivity contribution in [1.82, 2.24) is 9.97 Å². The van der Waals surface area contributed by atoms with Crippen LogP contribution in [0.3, 0.4) is 0 Å². The molecule has 6 heteroatoms. The van der Waals surface area contributed by atoms with Gasteiger partial charge in [0.25, 0.3) is 0 Å². The lowest BCUT2D eigenvalue weighted by molar-refractivity contribution is -0.136. The van der Waals surface area contributed by atoms with Gasteiger partial charge in [0.05, 0.1) is 12.1 Å². The number of carboxylic acid groups (broad SMARTS) is 1. The standard InChI is InChI=1S/C15H12N2O2S2/c1-9-12(8-13(18)19)20-15(17-9)21-14-11-5-3-2-4-10(11)6-7-16-14/h2-7H,8H2,1H3,(H,18,19). The van der Waals surface area contributed by atoms with Gasteiger partial charge >= 0.3 is 5.97 Å². The summed E-state index contributed by atoms with van der Waals surface area (Å²) in [7, 11) is 0. The molecular formula is C15H12N2O2S2. The first-order chi connectivity index (χ1) is 10.1. The summed E-state index contributed by atoms with van der Waals surface area (Å²) in [5.74, 6) is -0.832. The monoisotopic (exact) mass is 316 g/mol. The van der Waals surface area contributed by atoms with Gasteiger partial charge in [0.1, 0.15) is 5.03 Å². The molecule has 0 atom stereocenters. The highest BCUT2D eigenvalue weighted by Gasteiger charge is 2.13. The number of fused-ring (bicyclic) bond motifs is 1. The van der Waals surface area contributed by atoms with Crippen LogP contribution < -0.4 is 0 Å². The van der Waals surface area contributed by atoms with Gasteiger partial charge in [-0.15, -0.1) is 11.3 Å². The number of aryl methyl sites for hydroxylation is 1. The number of pyridine rings is 1. The molecule has 0 saturated carbocycles. The van der Waals surface area contributed by atoms with Crippen LogP contribution >= 0.6 is 23.1 Å². The Labute approximate surface area is 129 Å². The molecule has 2 heterocycles. The summed E-state index contributed by atoms with van der Waals surface area (Å²) in [6.45, 7) is 1.84. The first kappa shape index (κ1) is 14.0. The molecule has 0 amide bonds. The molecule has 3 rings (SSSR count). The van der Waals surface area contributed by atoms with Crippen molar-refractivity contribution in [2.45, 2.75) is 22.7 Å². The molecule has 0 fully saturated rings. The van der Waals surface area contributed by atoms with Crippen molar-refractivity contribution >= 4 is 39.8 Å². The van der Waals surface area contributed by atoms with Crippen LogP contribution in [0.4, 0.5) is 0 Å². The van der Waals surface area contributed by atoms with Crippen LogP contribution in [-0.4, -0.2) is 21.0 Å². The minimum atomic E-state index is -0.832. The van der Waals surface area contributed by atoms with E-state index in [0.717, 1.165) is 30.7 Å². The van der Waals surface area contributed by atoms with Crippen LogP contribution in [0.25, 0.3) is 10.8 Å². The zero-order chi connectivity index (χ0) is 14.8. The largest absolute Gasteiger partial charge is 0.481 e. The fourth-order valence-electron chi connectivity index (χ4n) is 2.00. The maximum absolute atomic E-state index is 10.8. The normalized spacial score (nSPS) is 10.9. The first-order valence-corrected chi connectivity index (χ1v) is 7.96. The third-order valence-corrected chi connectivity index (χ3v) is 5.24. The van der Waals surface area contributed by atoms with Gasteiger partial charge in [0.2, 0.25) is 0 Å². The Hall–Kier alpha value is -1.92. The Balaban J connectivity index is 1.94. The second kappa shape index (κ2) is 5.83. The molecule has 0 spiro atoms. The third kappa shape index (κ3) is 3.06. The van der Waals surface area contributed by atoms with Gasteiger partial charge in [-0.2, -0.15) is 0 Å². The average molecular weight is 316 g/mol. The predicted molar refractivity (Wildman–Crippen MR) is 84.1 cm³/mol. The maximum atomic E-state index is 10.8. The molecule has 2 aromatic heterocycles. The topological polar surface area (TPSA) is 63.1 Å². The summed E-state index contributed by atoms with van der Waals surface area (Å²) in [4.78, 5) is 20.5. The smallest absolute Gasteiger partial charge is 0.308 e. The Kier molecular flexibility index (Phi) is 3.90. The van der Waals surface area contributed by atoms with Gasteiger partial charge < -0.3 is 5.11 Å². The number of carboxylic acids is 1. The molecule has 0 aliphatic carbocycles. The van der Waals surface area contributed by atoms with E-state index in [2.05, 4.69) is 9.97 Å². The molecule has 1 aromatic carbocycles. The summed E-state index contributed by atoms with van der Waals surface area (Å²) in [5.41, 5.74) is 0.783. The maximum Gasteiger partial charge on any atom is 0.308 e. The van der Waals surface area contributed by atoms with Gasteiger partial charge in [-0.25, -0.2) is 9.97 Å². The van der Waals surface area contributed by atoms with E-state index in [1.54, 1.807) is 6.20 Å². The minimum absolute atomic E-state index is 0.0209. The van der Waals surface area contributed by atoms with E-state index in [1.807, 2.05) is 37.3 Å². The van der Waals surface area contributed by atoms with E-state index in [9.17, 15) is 4.79 Å². The highest BCUT2D eigenvalue weighted by atomic mass is 32.2. The molecule has 4 nitrogen and oxygen atoms in total. The number of hydrogen-bond donors (Lipinski definition) is 1. The Bertz CT molecular complexity index is 809. The molecule has 3 aromatic rings. The van der Waals surface area contributed by atoms with E-state index >= 15 is 0 Å². The molecular weight excluding hydrogens is 304 g/mol. The Morgan fingerprint density at radius 2 is 2.14 bits per heavy atom. The molecule has 0 aliphatic heterocycles. The minimum Gasteiger partial charge on any atom is -0.481 e. The van der Waals surface area contributed by atoms with Crippen molar-refractivity contribution in [2.75, 3.05) is 0 Å². The summed E-state index contributed by atoms with van der Waals surface area (Å²) >= 11 is 2.90. The third-order valence-electron chi connectivity index (χ3n) is 3.01. The first-order valence-electron chi connectivity index (χ1n) is 6.33. The lowest BCUT2D eigenvalue weighted by Gasteiger charge is -2.02. The van der Waals surface area contributed by atoms with Crippen LogP contribution in [0, 0.1) is 6.92 Å². The van der Waals surface area contributed by atoms with E-state index in [0.29, 0.717) is 0 Å². The number of carbonyl (C=O) groups is 1. The second-order valence-electron chi connectivity index (χ2n) is 4.50. The van der Waals surface area contributed by atoms with E-state index in [4.69, 9.17) is 5.11 Å². The summed E-state index contributed by atoms with van der Waals surface area (Å²) in [6.07, 6.45) is 1.80. The predicted octanol–water partition coefficient (Wildman–Crippen LogP) is 3.78. The number of thiazole rings is 1. The van der Waals surface area contributed by atoms with Crippen molar-refractivity contribution in [3.63, 3.8) is 0 Å². The van der Waals surface area contributed by atoms with Gasteiger partial charge in [-0.05, 0) is 30.1 Å². The van der Waals surface area contributed by atoms with Gasteiger partial charge in [-0.1, -0.05) is 24.3 Å². The molecule has 1 N–H and O–H groups in total. The number of rotatable bonds is 4. The zero-order valence-corrected chi connectivity index (χ0v) is 12.9. The van der Waals surface area contributed by atoms with Crippen LogP contribution in [0.5, 0.6) is 0 Å². The molecule has 0 saturated heterocycles. The van der Waals surface area contributed by atoms with Gasteiger partial charge in [-0.3, -0.25) is 4.79 Å². The number of hydrogen-bond acceptors (Lipinski definition) is 5. The molecule has 0 aliphatic rings. The van der Waals surface area contributed by atoms with Gasteiger partial charge in [0.15, 0.2) is 4.34 Å². The molecule has 0 bridgehead atoms. The number of aliphatic carboxylic acids is 1.